The Morgan fingerprint density at radius 3 is 2.35 bits per heavy atom. The Morgan fingerprint density at radius 1 is 1.26 bits per heavy atom. The molecule has 0 aliphatic carbocycles. The summed E-state index contributed by atoms with van der Waals surface area (Å²) in [6, 6.07) is 6.49. The summed E-state index contributed by atoms with van der Waals surface area (Å²) in [5, 5.41) is 2.84. The summed E-state index contributed by atoms with van der Waals surface area (Å²) in [7, 11) is 0.585. The zero-order valence-corrected chi connectivity index (χ0v) is 14.8. The minimum absolute atomic E-state index is 0.162. The van der Waals surface area contributed by atoms with E-state index in [1.807, 2.05) is 14.1 Å². The number of carbonyl (C=O) groups excluding carboxylic acids is 1. The van der Waals surface area contributed by atoms with E-state index in [9.17, 15) is 13.2 Å². The molecule has 0 aliphatic rings. The van der Waals surface area contributed by atoms with Crippen LogP contribution in [0.4, 0.5) is 5.69 Å². The topological polar surface area (TPSA) is 69.7 Å². The van der Waals surface area contributed by atoms with Crippen LogP contribution in [0.3, 0.4) is 0 Å². The normalized spacial score (nSPS) is 11.3. The van der Waals surface area contributed by atoms with Gasteiger partial charge in [0, 0.05) is 12.1 Å². The first-order valence-electron chi connectivity index (χ1n) is 7.37. The predicted molar refractivity (Wildman–Crippen MR) is 94.3 cm³/mol. The van der Waals surface area contributed by atoms with Gasteiger partial charge >= 0.3 is 0 Å². The van der Waals surface area contributed by atoms with Crippen molar-refractivity contribution >= 4 is 21.6 Å². The van der Waals surface area contributed by atoms with E-state index in [0.29, 0.717) is 17.8 Å². The molecule has 128 valence electrons. The Labute approximate surface area is 138 Å². The summed E-state index contributed by atoms with van der Waals surface area (Å²) < 4.78 is 24.8. The fourth-order valence-electron chi connectivity index (χ4n) is 2.03. The monoisotopic (exact) mass is 339 g/mol. The van der Waals surface area contributed by atoms with Gasteiger partial charge in [0.1, 0.15) is 0 Å². The number of anilines is 1. The second-order valence-corrected chi connectivity index (χ2v) is 7.45. The van der Waals surface area contributed by atoms with Gasteiger partial charge in [0.2, 0.25) is 10.0 Å². The van der Waals surface area contributed by atoms with E-state index in [0.717, 1.165) is 19.2 Å². The van der Waals surface area contributed by atoms with Gasteiger partial charge in [0.25, 0.3) is 5.91 Å². The van der Waals surface area contributed by atoms with Gasteiger partial charge in [-0.3, -0.25) is 9.10 Å². The van der Waals surface area contributed by atoms with E-state index in [-0.39, 0.29) is 12.5 Å². The van der Waals surface area contributed by atoms with Crippen LogP contribution < -0.4 is 9.62 Å². The van der Waals surface area contributed by atoms with Crippen molar-refractivity contribution in [3.8, 4) is 0 Å². The maximum absolute atomic E-state index is 12.0. The summed E-state index contributed by atoms with van der Waals surface area (Å²) in [5.74, 6) is -0.162. The van der Waals surface area contributed by atoms with Crippen molar-refractivity contribution in [2.75, 3.05) is 44.3 Å². The lowest BCUT2D eigenvalue weighted by Crippen LogP contribution is -2.30. The molecule has 0 heterocycles. The highest BCUT2D eigenvalue weighted by Crippen LogP contribution is 2.18. The molecule has 0 unspecified atom stereocenters. The molecule has 7 heteroatoms. The van der Waals surface area contributed by atoms with Gasteiger partial charge in [-0.2, -0.15) is 0 Å². The Balaban J connectivity index is 2.71. The van der Waals surface area contributed by atoms with Crippen molar-refractivity contribution in [1.29, 1.82) is 0 Å². The van der Waals surface area contributed by atoms with Crippen LogP contribution in [0.15, 0.2) is 36.9 Å². The van der Waals surface area contributed by atoms with Crippen LogP contribution in [-0.4, -0.2) is 59.2 Å². The van der Waals surface area contributed by atoms with Crippen molar-refractivity contribution in [1.82, 2.24) is 10.2 Å². The number of benzene rings is 1. The molecule has 1 amide bonds. The van der Waals surface area contributed by atoms with E-state index >= 15 is 0 Å². The number of carbonyl (C=O) groups is 1. The fraction of sp³-hybridized carbons (Fsp3) is 0.438. The Bertz CT molecular complexity index is 624. The number of nitrogens with zero attached hydrogens (tertiary/aromatic N) is 2. The molecule has 0 atom stereocenters. The summed E-state index contributed by atoms with van der Waals surface area (Å²) in [4.78, 5) is 14.1. The van der Waals surface area contributed by atoms with Crippen LogP contribution >= 0.6 is 0 Å². The van der Waals surface area contributed by atoms with E-state index in [2.05, 4.69) is 16.8 Å². The lowest BCUT2D eigenvalue weighted by atomic mass is 10.2. The van der Waals surface area contributed by atoms with E-state index in [1.54, 1.807) is 24.3 Å². The highest BCUT2D eigenvalue weighted by atomic mass is 32.2. The quantitative estimate of drug-likeness (QED) is 0.544. The molecule has 1 aromatic carbocycles. The number of nitrogens with one attached hydrogen (secondary N) is 1. The van der Waals surface area contributed by atoms with Crippen molar-refractivity contribution in [2.24, 2.45) is 0 Å². The molecule has 0 saturated heterocycles. The van der Waals surface area contributed by atoms with Gasteiger partial charge < -0.3 is 10.2 Å². The predicted octanol–water partition coefficient (Wildman–Crippen LogP) is 1.32. The first kappa shape index (κ1) is 19.2. The first-order chi connectivity index (χ1) is 10.8. The van der Waals surface area contributed by atoms with Crippen molar-refractivity contribution in [3.63, 3.8) is 0 Å². The molecule has 6 nitrogen and oxygen atoms in total. The third-order valence-corrected chi connectivity index (χ3v) is 4.34. The minimum atomic E-state index is -3.38. The molecular formula is C16H25N3O3S. The van der Waals surface area contributed by atoms with E-state index in [1.165, 1.54) is 10.4 Å². The molecule has 0 spiro atoms. The zero-order chi connectivity index (χ0) is 17.5. The third-order valence-electron chi connectivity index (χ3n) is 3.18. The van der Waals surface area contributed by atoms with Gasteiger partial charge in [-0.25, -0.2) is 8.42 Å². The summed E-state index contributed by atoms with van der Waals surface area (Å²) in [5.41, 5.74) is 1.02. The smallest absolute Gasteiger partial charge is 0.251 e. The third kappa shape index (κ3) is 6.42. The number of amides is 1. The SMILES string of the molecule is C=CCN(c1ccc(C(=O)NCCCN(C)C)cc1)S(C)(=O)=O. The van der Waals surface area contributed by atoms with Crippen molar-refractivity contribution in [2.45, 2.75) is 6.42 Å². The van der Waals surface area contributed by atoms with Crippen molar-refractivity contribution < 1.29 is 13.2 Å². The highest BCUT2D eigenvalue weighted by molar-refractivity contribution is 7.92. The Hall–Kier alpha value is -1.86. The molecule has 0 radical (unpaired) electrons. The second-order valence-electron chi connectivity index (χ2n) is 5.54. The molecule has 0 fully saturated rings. The van der Waals surface area contributed by atoms with Crippen LogP contribution in [0.5, 0.6) is 0 Å². The van der Waals surface area contributed by atoms with E-state index < -0.39 is 10.0 Å². The average molecular weight is 339 g/mol. The van der Waals surface area contributed by atoms with Gasteiger partial charge in [-0.15, -0.1) is 6.58 Å². The van der Waals surface area contributed by atoms with Gasteiger partial charge in [0.05, 0.1) is 18.5 Å². The summed E-state index contributed by atoms with van der Waals surface area (Å²) >= 11 is 0. The van der Waals surface area contributed by atoms with Gasteiger partial charge in [-0.05, 0) is 51.3 Å². The Kier molecular flexibility index (Phi) is 7.25. The lowest BCUT2D eigenvalue weighted by molar-refractivity contribution is 0.0952. The fourth-order valence-corrected chi connectivity index (χ4v) is 2.91. The number of hydrogen-bond acceptors (Lipinski definition) is 4. The first-order valence-corrected chi connectivity index (χ1v) is 9.22. The Morgan fingerprint density at radius 2 is 1.87 bits per heavy atom. The molecule has 0 aliphatic heterocycles. The maximum atomic E-state index is 12.0. The molecule has 0 aromatic heterocycles. The number of rotatable bonds is 9. The molecule has 1 N–H and O–H groups in total. The zero-order valence-electron chi connectivity index (χ0n) is 13.9. The lowest BCUT2D eigenvalue weighted by Gasteiger charge is -2.20. The van der Waals surface area contributed by atoms with Crippen molar-refractivity contribution in [3.05, 3.63) is 42.5 Å². The molecule has 1 aromatic rings. The van der Waals surface area contributed by atoms with Crippen LogP contribution in [0.25, 0.3) is 0 Å². The standard InChI is InChI=1S/C16H25N3O3S/c1-5-12-19(23(4,21)22)15-9-7-14(8-10-15)16(20)17-11-6-13-18(2)3/h5,7-10H,1,6,11-13H2,2-4H3,(H,17,20). The van der Waals surface area contributed by atoms with Gasteiger partial charge in [0.15, 0.2) is 0 Å². The number of hydrogen-bond donors (Lipinski definition) is 1. The molecule has 1 rings (SSSR count). The molecule has 23 heavy (non-hydrogen) atoms. The molecule has 0 saturated carbocycles. The van der Waals surface area contributed by atoms with Crippen LogP contribution in [0.1, 0.15) is 16.8 Å². The largest absolute Gasteiger partial charge is 0.352 e. The van der Waals surface area contributed by atoms with Crippen LogP contribution in [0.2, 0.25) is 0 Å². The summed E-state index contributed by atoms with van der Waals surface area (Å²) in [6.45, 7) is 5.26. The van der Waals surface area contributed by atoms with E-state index in [4.69, 9.17) is 0 Å². The minimum Gasteiger partial charge on any atom is -0.352 e. The molecular weight excluding hydrogens is 314 g/mol. The summed E-state index contributed by atoms with van der Waals surface area (Å²) in [6.07, 6.45) is 3.53. The average Bonchev–Trinajstić information content (AvgIpc) is 2.48. The van der Waals surface area contributed by atoms with Crippen LogP contribution in [-0.2, 0) is 10.0 Å². The second kappa shape index (κ2) is 8.69. The maximum Gasteiger partial charge on any atom is 0.251 e. The molecule has 0 bridgehead atoms. The van der Waals surface area contributed by atoms with Crippen LogP contribution in [0, 0.1) is 0 Å². The van der Waals surface area contributed by atoms with Gasteiger partial charge in [-0.1, -0.05) is 6.08 Å². The highest BCUT2D eigenvalue weighted by Gasteiger charge is 2.16. The number of sulfonamides is 1.